The van der Waals surface area contributed by atoms with Crippen LogP contribution in [0.3, 0.4) is 0 Å². The van der Waals surface area contributed by atoms with Crippen LogP contribution in [0, 0.1) is 32.1 Å². The van der Waals surface area contributed by atoms with Crippen LogP contribution in [0.15, 0.2) is 34.9 Å². The summed E-state index contributed by atoms with van der Waals surface area (Å²) in [6, 6.07) is 3.46. The van der Waals surface area contributed by atoms with E-state index < -0.39 is 9.85 Å². The molecule has 0 saturated heterocycles. The zero-order valence-electron chi connectivity index (χ0n) is 13.9. The van der Waals surface area contributed by atoms with E-state index in [1.807, 2.05) is 6.08 Å². The SMILES string of the molecule is CC(C)C1=C/C(=N/Nc2ccc([N+](=O)[O-])cc2[N+](=O)[O-])C(C)CC1. The fourth-order valence-corrected chi connectivity index (χ4v) is 2.54. The maximum atomic E-state index is 11.1. The molecule has 0 amide bonds. The zero-order chi connectivity index (χ0) is 17.9. The molecule has 1 aliphatic rings. The molecule has 24 heavy (non-hydrogen) atoms. The standard InChI is InChI=1S/C16H20N4O4/c1-10(2)12-5-4-11(3)15(8-12)18-17-14-7-6-13(19(21)22)9-16(14)20(23)24/h6-11,17H,4-5H2,1-3H3/b18-15-. The van der Waals surface area contributed by atoms with Crippen molar-refractivity contribution in [3.63, 3.8) is 0 Å². The molecule has 1 atom stereocenters. The molecule has 0 spiro atoms. The predicted octanol–water partition coefficient (Wildman–Crippen LogP) is 4.28. The van der Waals surface area contributed by atoms with Crippen molar-refractivity contribution in [3.05, 3.63) is 50.1 Å². The highest BCUT2D eigenvalue weighted by molar-refractivity contribution is 5.98. The molecule has 128 valence electrons. The first-order chi connectivity index (χ1) is 11.3. The van der Waals surface area contributed by atoms with Gasteiger partial charge in [0, 0.05) is 12.0 Å². The monoisotopic (exact) mass is 332 g/mol. The van der Waals surface area contributed by atoms with Gasteiger partial charge >= 0.3 is 5.69 Å². The van der Waals surface area contributed by atoms with Crippen LogP contribution < -0.4 is 5.43 Å². The van der Waals surface area contributed by atoms with Crippen LogP contribution in [0.1, 0.15) is 33.6 Å². The van der Waals surface area contributed by atoms with Crippen molar-refractivity contribution in [1.29, 1.82) is 0 Å². The van der Waals surface area contributed by atoms with Crippen molar-refractivity contribution in [2.45, 2.75) is 33.6 Å². The van der Waals surface area contributed by atoms with E-state index in [9.17, 15) is 20.2 Å². The largest absolute Gasteiger partial charge is 0.301 e. The number of hydrazone groups is 1. The molecular formula is C16H20N4O4. The number of benzene rings is 1. The van der Waals surface area contributed by atoms with Crippen LogP contribution in [0.4, 0.5) is 17.1 Å². The van der Waals surface area contributed by atoms with E-state index in [1.54, 1.807) is 0 Å². The molecule has 1 aromatic rings. The Morgan fingerprint density at radius 2 is 1.96 bits per heavy atom. The maximum Gasteiger partial charge on any atom is 0.301 e. The summed E-state index contributed by atoms with van der Waals surface area (Å²) < 4.78 is 0. The number of nitrogens with one attached hydrogen (secondary N) is 1. The Hall–Kier alpha value is -2.77. The second kappa shape index (κ2) is 7.20. The average Bonchev–Trinajstić information content (AvgIpc) is 2.53. The predicted molar refractivity (Wildman–Crippen MR) is 92.1 cm³/mol. The Bertz CT molecular complexity index is 725. The first kappa shape index (κ1) is 17.6. The number of allylic oxidation sites excluding steroid dienone is 2. The molecule has 0 saturated carbocycles. The molecule has 0 radical (unpaired) electrons. The van der Waals surface area contributed by atoms with E-state index in [2.05, 4.69) is 31.3 Å². The molecule has 8 nitrogen and oxygen atoms in total. The molecular weight excluding hydrogens is 312 g/mol. The molecule has 1 aromatic carbocycles. The minimum Gasteiger partial charge on any atom is -0.271 e. The minimum atomic E-state index is -0.663. The summed E-state index contributed by atoms with van der Waals surface area (Å²) in [6.45, 7) is 6.29. The smallest absolute Gasteiger partial charge is 0.271 e. The van der Waals surface area contributed by atoms with Crippen molar-refractivity contribution in [2.24, 2.45) is 16.9 Å². The van der Waals surface area contributed by atoms with Gasteiger partial charge in [0.05, 0.1) is 21.6 Å². The van der Waals surface area contributed by atoms with Crippen LogP contribution in [0.25, 0.3) is 0 Å². The summed E-state index contributed by atoms with van der Waals surface area (Å²) in [4.78, 5) is 20.6. The van der Waals surface area contributed by atoms with Gasteiger partial charge < -0.3 is 0 Å². The molecule has 1 unspecified atom stereocenters. The van der Waals surface area contributed by atoms with Gasteiger partial charge in [-0.15, -0.1) is 0 Å². The number of hydrogen-bond acceptors (Lipinski definition) is 6. The molecule has 0 aromatic heterocycles. The molecule has 8 heteroatoms. The van der Waals surface area contributed by atoms with E-state index in [0.29, 0.717) is 5.92 Å². The zero-order valence-corrected chi connectivity index (χ0v) is 13.9. The van der Waals surface area contributed by atoms with Crippen molar-refractivity contribution in [1.82, 2.24) is 0 Å². The van der Waals surface area contributed by atoms with Gasteiger partial charge in [0.1, 0.15) is 5.69 Å². The van der Waals surface area contributed by atoms with Crippen LogP contribution in [-0.4, -0.2) is 15.6 Å². The van der Waals surface area contributed by atoms with Gasteiger partial charge in [-0.05, 0) is 30.9 Å². The third-order valence-corrected chi connectivity index (χ3v) is 4.14. The molecule has 1 N–H and O–H groups in total. The van der Waals surface area contributed by atoms with Gasteiger partial charge in [-0.3, -0.25) is 25.7 Å². The Balaban J connectivity index is 2.32. The number of rotatable bonds is 5. The quantitative estimate of drug-likeness (QED) is 0.639. The summed E-state index contributed by atoms with van der Waals surface area (Å²) in [5, 5.41) is 26.2. The molecule has 0 bridgehead atoms. The van der Waals surface area contributed by atoms with E-state index in [0.717, 1.165) is 24.6 Å². The van der Waals surface area contributed by atoms with Gasteiger partial charge in [0.15, 0.2) is 0 Å². The highest BCUT2D eigenvalue weighted by Gasteiger charge is 2.21. The molecule has 0 heterocycles. The lowest BCUT2D eigenvalue weighted by Crippen LogP contribution is -2.18. The normalized spacial score (nSPS) is 19.2. The Kier molecular flexibility index (Phi) is 5.28. The number of nitrogens with zero attached hydrogens (tertiary/aromatic N) is 3. The van der Waals surface area contributed by atoms with E-state index in [4.69, 9.17) is 0 Å². The van der Waals surface area contributed by atoms with Crippen molar-refractivity contribution < 1.29 is 9.85 Å². The van der Waals surface area contributed by atoms with Crippen LogP contribution in [0.5, 0.6) is 0 Å². The lowest BCUT2D eigenvalue weighted by molar-refractivity contribution is -0.393. The highest BCUT2D eigenvalue weighted by atomic mass is 16.6. The Morgan fingerprint density at radius 1 is 1.25 bits per heavy atom. The first-order valence-electron chi connectivity index (χ1n) is 7.76. The summed E-state index contributed by atoms with van der Waals surface area (Å²) in [5.41, 5.74) is 4.27. The molecule has 0 aliphatic heterocycles. The number of non-ortho nitro benzene ring substituents is 1. The summed E-state index contributed by atoms with van der Waals surface area (Å²) in [5.74, 6) is 0.675. The second-order valence-corrected chi connectivity index (χ2v) is 6.18. The number of nitro groups is 2. The summed E-state index contributed by atoms with van der Waals surface area (Å²) in [6.07, 6.45) is 4.03. The van der Waals surface area contributed by atoms with Crippen molar-refractivity contribution >= 4 is 22.8 Å². The fraction of sp³-hybridized carbons (Fsp3) is 0.438. The molecule has 1 aliphatic carbocycles. The van der Waals surface area contributed by atoms with Gasteiger partial charge in [-0.25, -0.2) is 0 Å². The van der Waals surface area contributed by atoms with Gasteiger partial charge in [-0.1, -0.05) is 26.3 Å². The Morgan fingerprint density at radius 3 is 2.54 bits per heavy atom. The first-order valence-corrected chi connectivity index (χ1v) is 7.76. The highest BCUT2D eigenvalue weighted by Crippen LogP contribution is 2.30. The number of anilines is 1. The third kappa shape index (κ3) is 3.95. The van der Waals surface area contributed by atoms with E-state index in [-0.39, 0.29) is 23.0 Å². The maximum absolute atomic E-state index is 11.1. The lowest BCUT2D eigenvalue weighted by Gasteiger charge is -2.22. The van der Waals surface area contributed by atoms with Crippen LogP contribution >= 0.6 is 0 Å². The van der Waals surface area contributed by atoms with Gasteiger partial charge in [0.2, 0.25) is 0 Å². The molecule has 0 fully saturated rings. The number of nitro benzene ring substituents is 2. The van der Waals surface area contributed by atoms with Crippen LogP contribution in [0.2, 0.25) is 0 Å². The Labute approximate surface area is 139 Å². The lowest BCUT2D eigenvalue weighted by atomic mass is 9.85. The minimum absolute atomic E-state index is 0.135. The van der Waals surface area contributed by atoms with Gasteiger partial charge in [0.25, 0.3) is 5.69 Å². The second-order valence-electron chi connectivity index (χ2n) is 6.18. The fourth-order valence-electron chi connectivity index (χ4n) is 2.54. The van der Waals surface area contributed by atoms with E-state index in [1.165, 1.54) is 17.7 Å². The summed E-state index contributed by atoms with van der Waals surface area (Å²) >= 11 is 0. The number of hydrogen-bond donors (Lipinski definition) is 1. The van der Waals surface area contributed by atoms with Crippen molar-refractivity contribution in [2.75, 3.05) is 5.43 Å². The van der Waals surface area contributed by atoms with Gasteiger partial charge in [-0.2, -0.15) is 5.10 Å². The summed E-state index contributed by atoms with van der Waals surface area (Å²) in [7, 11) is 0. The average molecular weight is 332 g/mol. The van der Waals surface area contributed by atoms with Crippen molar-refractivity contribution in [3.8, 4) is 0 Å². The third-order valence-electron chi connectivity index (χ3n) is 4.14. The van der Waals surface area contributed by atoms with Crippen LogP contribution in [-0.2, 0) is 0 Å². The van der Waals surface area contributed by atoms with E-state index >= 15 is 0 Å². The molecule has 2 rings (SSSR count). The topological polar surface area (TPSA) is 111 Å².